The molecule has 2 rings (SSSR count). The number of amides is 1. The number of nitriles is 1. The van der Waals surface area contributed by atoms with Crippen LogP contribution in [0.1, 0.15) is 42.1 Å². The van der Waals surface area contributed by atoms with Crippen molar-refractivity contribution in [2.45, 2.75) is 31.1 Å². The molecule has 0 bridgehead atoms. The Morgan fingerprint density at radius 3 is 2.62 bits per heavy atom. The van der Waals surface area contributed by atoms with Crippen molar-refractivity contribution in [1.82, 2.24) is 4.72 Å². The van der Waals surface area contributed by atoms with Gasteiger partial charge in [-0.15, -0.1) is 0 Å². The molecule has 2 N–H and O–H groups in total. The van der Waals surface area contributed by atoms with E-state index in [4.69, 9.17) is 5.26 Å². The first kappa shape index (κ1) is 19.6. The topological polar surface area (TPSA) is 99.1 Å². The summed E-state index contributed by atoms with van der Waals surface area (Å²) in [5.74, 6) is -0.442. The highest BCUT2D eigenvalue weighted by molar-refractivity contribution is 7.89. The molecule has 0 spiro atoms. The maximum atomic E-state index is 12.4. The number of hydrogen-bond acceptors (Lipinski definition) is 4. The van der Waals surface area contributed by atoms with Crippen molar-refractivity contribution in [3.05, 3.63) is 59.7 Å². The van der Waals surface area contributed by atoms with Gasteiger partial charge in [-0.3, -0.25) is 4.79 Å². The minimum Gasteiger partial charge on any atom is -0.322 e. The number of nitrogens with zero attached hydrogens (tertiary/aromatic N) is 1. The summed E-state index contributed by atoms with van der Waals surface area (Å²) in [6.07, 6.45) is 2.72. The van der Waals surface area contributed by atoms with Crippen molar-refractivity contribution in [3.63, 3.8) is 0 Å². The molecule has 0 aliphatic rings. The Morgan fingerprint density at radius 1 is 1.12 bits per heavy atom. The van der Waals surface area contributed by atoms with Gasteiger partial charge in [0.2, 0.25) is 10.0 Å². The van der Waals surface area contributed by atoms with Crippen molar-refractivity contribution in [2.24, 2.45) is 0 Å². The van der Waals surface area contributed by atoms with E-state index in [1.54, 1.807) is 30.3 Å². The van der Waals surface area contributed by atoms with Crippen LogP contribution in [-0.4, -0.2) is 20.9 Å². The Hall–Kier alpha value is -2.69. The van der Waals surface area contributed by atoms with Crippen LogP contribution in [0.3, 0.4) is 0 Å². The second-order valence-corrected chi connectivity index (χ2v) is 7.55. The first-order valence-corrected chi connectivity index (χ1v) is 9.86. The number of rotatable bonds is 8. The highest BCUT2D eigenvalue weighted by Crippen LogP contribution is 2.15. The molecular weight excluding hydrogens is 350 g/mol. The molecule has 0 radical (unpaired) electrons. The van der Waals surface area contributed by atoms with Crippen LogP contribution in [0.2, 0.25) is 0 Å². The van der Waals surface area contributed by atoms with Crippen molar-refractivity contribution < 1.29 is 13.2 Å². The summed E-state index contributed by atoms with van der Waals surface area (Å²) in [6, 6.07) is 14.4. The molecule has 0 aliphatic carbocycles. The first-order chi connectivity index (χ1) is 12.5. The number of unbranched alkanes of at least 4 members (excludes halogenated alkanes) is 2. The van der Waals surface area contributed by atoms with Gasteiger partial charge in [-0.25, -0.2) is 13.1 Å². The summed E-state index contributed by atoms with van der Waals surface area (Å²) in [7, 11) is -3.65. The number of nitrogens with one attached hydrogen (secondary N) is 2. The van der Waals surface area contributed by atoms with E-state index in [2.05, 4.69) is 10.0 Å². The maximum Gasteiger partial charge on any atom is 0.255 e. The fourth-order valence-electron chi connectivity index (χ4n) is 2.34. The van der Waals surface area contributed by atoms with Gasteiger partial charge in [0.25, 0.3) is 5.91 Å². The Balaban J connectivity index is 2.12. The molecule has 26 heavy (non-hydrogen) atoms. The first-order valence-electron chi connectivity index (χ1n) is 8.37. The fourth-order valence-corrected chi connectivity index (χ4v) is 3.46. The maximum absolute atomic E-state index is 12.4. The number of sulfonamides is 1. The summed E-state index contributed by atoms with van der Waals surface area (Å²) in [4.78, 5) is 12.4. The molecule has 7 heteroatoms. The molecule has 0 atom stereocenters. The molecular formula is C19H21N3O3S. The van der Waals surface area contributed by atoms with Gasteiger partial charge in [-0.05, 0) is 42.8 Å². The molecule has 0 aromatic heterocycles. The van der Waals surface area contributed by atoms with Crippen LogP contribution in [0.25, 0.3) is 0 Å². The van der Waals surface area contributed by atoms with Crippen molar-refractivity contribution in [3.8, 4) is 6.07 Å². The van der Waals surface area contributed by atoms with Crippen LogP contribution in [0.5, 0.6) is 0 Å². The van der Waals surface area contributed by atoms with Crippen molar-refractivity contribution >= 4 is 21.6 Å². The highest BCUT2D eigenvalue weighted by atomic mass is 32.2. The van der Waals surface area contributed by atoms with Gasteiger partial charge < -0.3 is 5.32 Å². The minimum atomic E-state index is -3.65. The van der Waals surface area contributed by atoms with E-state index in [0.29, 0.717) is 17.8 Å². The predicted octanol–water partition coefficient (Wildman–Crippen LogP) is 3.28. The molecule has 0 unspecified atom stereocenters. The SMILES string of the molecule is CCCCCNS(=O)(=O)c1cccc(C(=O)Nc2cccc(C#N)c2)c1. The van der Waals surface area contributed by atoms with Crippen molar-refractivity contribution in [1.29, 1.82) is 5.26 Å². The standard InChI is InChI=1S/C19H21N3O3S/c1-2-3-4-11-21-26(24,25)18-10-6-8-16(13-18)19(23)22-17-9-5-7-15(12-17)14-20/h5-10,12-13,21H,2-4,11H2,1H3,(H,22,23). The van der Waals surface area contributed by atoms with Gasteiger partial charge in [0.05, 0.1) is 16.5 Å². The molecule has 0 heterocycles. The summed E-state index contributed by atoms with van der Waals surface area (Å²) in [5, 5.41) is 11.6. The third kappa shape index (κ3) is 5.41. The second-order valence-electron chi connectivity index (χ2n) is 5.78. The monoisotopic (exact) mass is 371 g/mol. The van der Waals surface area contributed by atoms with E-state index in [-0.39, 0.29) is 10.5 Å². The summed E-state index contributed by atoms with van der Waals surface area (Å²) in [5.41, 5.74) is 1.12. The van der Waals surface area contributed by atoms with Gasteiger partial charge >= 0.3 is 0 Å². The normalized spacial score (nSPS) is 10.9. The molecule has 0 saturated heterocycles. The number of carbonyl (C=O) groups is 1. The summed E-state index contributed by atoms with van der Waals surface area (Å²) >= 11 is 0. The largest absolute Gasteiger partial charge is 0.322 e. The molecule has 2 aromatic carbocycles. The van der Waals surface area contributed by atoms with Gasteiger partial charge in [0, 0.05) is 17.8 Å². The van der Waals surface area contributed by atoms with E-state index in [0.717, 1.165) is 19.3 Å². The Labute approximate surface area is 153 Å². The molecule has 2 aromatic rings. The van der Waals surface area contributed by atoms with Crippen LogP contribution in [0.4, 0.5) is 5.69 Å². The van der Waals surface area contributed by atoms with E-state index >= 15 is 0 Å². The molecule has 136 valence electrons. The minimum absolute atomic E-state index is 0.0485. The van der Waals surface area contributed by atoms with Gasteiger partial charge in [-0.1, -0.05) is 31.9 Å². The lowest BCUT2D eigenvalue weighted by Crippen LogP contribution is -2.25. The molecule has 6 nitrogen and oxygen atoms in total. The zero-order valence-electron chi connectivity index (χ0n) is 14.5. The summed E-state index contributed by atoms with van der Waals surface area (Å²) < 4.78 is 27.2. The van der Waals surface area contributed by atoms with Gasteiger partial charge in [0.15, 0.2) is 0 Å². The van der Waals surface area contributed by atoms with Crippen LogP contribution in [0, 0.1) is 11.3 Å². The number of benzene rings is 2. The lowest BCUT2D eigenvalue weighted by molar-refractivity contribution is 0.102. The smallest absolute Gasteiger partial charge is 0.255 e. The fraction of sp³-hybridized carbons (Fsp3) is 0.263. The van der Waals surface area contributed by atoms with Gasteiger partial charge in [0.1, 0.15) is 0 Å². The number of hydrogen-bond donors (Lipinski definition) is 2. The van der Waals surface area contributed by atoms with Crippen LogP contribution >= 0.6 is 0 Å². The Morgan fingerprint density at radius 2 is 1.88 bits per heavy atom. The van der Waals surface area contributed by atoms with Crippen molar-refractivity contribution in [2.75, 3.05) is 11.9 Å². The highest BCUT2D eigenvalue weighted by Gasteiger charge is 2.16. The molecule has 0 fully saturated rings. The quantitative estimate of drug-likeness (QED) is 0.696. The number of anilines is 1. The summed E-state index contributed by atoms with van der Waals surface area (Å²) in [6.45, 7) is 2.41. The zero-order valence-corrected chi connectivity index (χ0v) is 15.3. The predicted molar refractivity (Wildman–Crippen MR) is 100 cm³/mol. The van der Waals surface area contributed by atoms with Crippen LogP contribution in [0.15, 0.2) is 53.4 Å². The average Bonchev–Trinajstić information content (AvgIpc) is 2.65. The van der Waals surface area contributed by atoms with Gasteiger partial charge in [-0.2, -0.15) is 5.26 Å². The van der Waals surface area contributed by atoms with E-state index < -0.39 is 15.9 Å². The number of carbonyl (C=O) groups excluding carboxylic acids is 1. The third-order valence-corrected chi connectivity index (χ3v) is 5.19. The second kappa shape index (κ2) is 9.13. The zero-order chi connectivity index (χ0) is 19.0. The lowest BCUT2D eigenvalue weighted by atomic mass is 10.2. The molecule has 0 aliphatic heterocycles. The lowest BCUT2D eigenvalue weighted by Gasteiger charge is -2.09. The van der Waals surface area contributed by atoms with E-state index in [1.165, 1.54) is 18.2 Å². The van der Waals surface area contributed by atoms with Crippen LogP contribution in [-0.2, 0) is 10.0 Å². The van der Waals surface area contributed by atoms with Crippen LogP contribution < -0.4 is 10.0 Å². The third-order valence-electron chi connectivity index (χ3n) is 3.73. The Kier molecular flexibility index (Phi) is 6.89. The molecule has 1 amide bonds. The van der Waals surface area contributed by atoms with E-state index in [1.807, 2.05) is 13.0 Å². The average molecular weight is 371 g/mol. The van der Waals surface area contributed by atoms with E-state index in [9.17, 15) is 13.2 Å². The molecule has 0 saturated carbocycles. The Bertz CT molecular complexity index is 918.